The minimum absolute atomic E-state index is 0.0196. The first-order chi connectivity index (χ1) is 16.5. The van der Waals surface area contributed by atoms with Crippen molar-refractivity contribution >= 4 is 52.6 Å². The summed E-state index contributed by atoms with van der Waals surface area (Å²) in [4.78, 5) is 31.5. The molecule has 0 atom stereocenters. The van der Waals surface area contributed by atoms with Crippen LogP contribution in [0.5, 0.6) is 0 Å². The van der Waals surface area contributed by atoms with Crippen LogP contribution in [0.3, 0.4) is 0 Å². The maximum atomic E-state index is 13.2. The number of amides is 2. The van der Waals surface area contributed by atoms with Crippen LogP contribution in [0.4, 0.5) is 11.4 Å². The summed E-state index contributed by atoms with van der Waals surface area (Å²) in [5.74, 6) is -0.174. The van der Waals surface area contributed by atoms with Crippen molar-refractivity contribution in [1.29, 1.82) is 0 Å². The normalized spacial score (nSPS) is 16.9. The number of anilines is 2. The lowest BCUT2D eigenvalue weighted by molar-refractivity contribution is -0.112. The second kappa shape index (κ2) is 9.57. The Morgan fingerprint density at radius 3 is 2.50 bits per heavy atom. The molecule has 0 aliphatic carbocycles. The molecule has 3 aromatic carbocycles. The Morgan fingerprint density at radius 1 is 1.00 bits per heavy atom. The lowest BCUT2D eigenvalue weighted by atomic mass is 10.1. The third-order valence-corrected chi connectivity index (χ3v) is 7.37. The summed E-state index contributed by atoms with van der Waals surface area (Å²) in [5, 5.41) is 3.66. The zero-order valence-corrected chi connectivity index (χ0v) is 20.3. The van der Waals surface area contributed by atoms with Crippen LogP contribution < -0.4 is 10.2 Å². The number of thioether (sulfide) groups is 1. The summed E-state index contributed by atoms with van der Waals surface area (Å²) in [6.45, 7) is 4.79. The van der Waals surface area contributed by atoms with E-state index in [1.165, 1.54) is 17.3 Å². The minimum Gasteiger partial charge on any atom is -0.368 e. The fourth-order valence-electron chi connectivity index (χ4n) is 4.13. The molecule has 5 rings (SSSR count). The van der Waals surface area contributed by atoms with Gasteiger partial charge in [0.05, 0.1) is 10.6 Å². The Bertz CT molecular complexity index is 1280. The van der Waals surface area contributed by atoms with E-state index in [1.807, 2.05) is 78.6 Å². The molecule has 0 aromatic heterocycles. The first-order valence-electron chi connectivity index (χ1n) is 11.2. The third-order valence-electron chi connectivity index (χ3n) is 6.03. The van der Waals surface area contributed by atoms with Gasteiger partial charge in [-0.25, -0.2) is 0 Å². The van der Waals surface area contributed by atoms with Crippen LogP contribution in [-0.2, 0) is 4.79 Å². The SMILES string of the molecule is Cc1ccc(/C=C2/Sc3ccc(C(=O)N4CCN(c5cccc(Cl)c5)CC4)cc3NC2=O)cc1. The van der Waals surface area contributed by atoms with Crippen molar-refractivity contribution < 1.29 is 9.59 Å². The molecule has 1 fully saturated rings. The summed E-state index contributed by atoms with van der Waals surface area (Å²) >= 11 is 7.55. The van der Waals surface area contributed by atoms with E-state index in [9.17, 15) is 9.59 Å². The predicted octanol–water partition coefficient (Wildman–Crippen LogP) is 5.70. The standard InChI is InChI=1S/C27H24ClN3O2S/c1-18-5-7-19(8-6-18)15-25-26(32)29-23-16-20(9-10-24(23)34-25)27(33)31-13-11-30(12-14-31)22-4-2-3-21(28)17-22/h2-10,15-17H,11-14H2,1H3,(H,29,32)/b25-15+. The lowest BCUT2D eigenvalue weighted by Gasteiger charge is -2.36. The van der Waals surface area contributed by atoms with Crippen LogP contribution in [0.1, 0.15) is 21.5 Å². The predicted molar refractivity (Wildman–Crippen MR) is 140 cm³/mol. The lowest BCUT2D eigenvalue weighted by Crippen LogP contribution is -2.48. The summed E-state index contributed by atoms with van der Waals surface area (Å²) in [6, 6.07) is 21.4. The second-order valence-corrected chi connectivity index (χ2v) is 9.97. The molecule has 1 saturated heterocycles. The number of nitrogens with one attached hydrogen (secondary N) is 1. The van der Waals surface area contributed by atoms with E-state index in [0.717, 1.165) is 29.2 Å². The number of hydrogen-bond donors (Lipinski definition) is 1. The summed E-state index contributed by atoms with van der Waals surface area (Å²) < 4.78 is 0. The van der Waals surface area contributed by atoms with Crippen LogP contribution in [0.25, 0.3) is 6.08 Å². The highest BCUT2D eigenvalue weighted by atomic mass is 35.5. The molecule has 0 spiro atoms. The summed E-state index contributed by atoms with van der Waals surface area (Å²) in [7, 11) is 0. The Hall–Kier alpha value is -3.22. The van der Waals surface area contributed by atoms with Crippen LogP contribution in [0, 0.1) is 6.92 Å². The van der Waals surface area contributed by atoms with Gasteiger partial charge in [0, 0.05) is 47.3 Å². The number of carbonyl (C=O) groups is 2. The average Bonchev–Trinajstić information content (AvgIpc) is 2.85. The van der Waals surface area contributed by atoms with E-state index in [-0.39, 0.29) is 11.8 Å². The third kappa shape index (κ3) is 4.83. The molecule has 0 bridgehead atoms. The Balaban J connectivity index is 1.27. The van der Waals surface area contributed by atoms with Crippen molar-refractivity contribution in [1.82, 2.24) is 4.90 Å². The number of carbonyl (C=O) groups excluding carboxylic acids is 2. The van der Waals surface area contributed by atoms with E-state index < -0.39 is 0 Å². The van der Waals surface area contributed by atoms with Crippen molar-refractivity contribution in [2.45, 2.75) is 11.8 Å². The number of hydrogen-bond acceptors (Lipinski definition) is 4. The molecule has 1 N–H and O–H groups in total. The maximum Gasteiger partial charge on any atom is 0.262 e. The van der Waals surface area contributed by atoms with Gasteiger partial charge in [-0.05, 0) is 55.0 Å². The summed E-state index contributed by atoms with van der Waals surface area (Å²) in [5.41, 5.74) is 4.50. The molecule has 2 aliphatic heterocycles. The molecule has 2 aliphatic rings. The van der Waals surface area contributed by atoms with E-state index in [4.69, 9.17) is 11.6 Å². The number of rotatable bonds is 3. The fraction of sp³-hybridized carbons (Fsp3) is 0.185. The van der Waals surface area contributed by atoms with Crippen molar-refractivity contribution in [3.05, 3.63) is 93.3 Å². The van der Waals surface area contributed by atoms with Gasteiger partial charge in [0.2, 0.25) is 0 Å². The van der Waals surface area contributed by atoms with Crippen molar-refractivity contribution in [3.8, 4) is 0 Å². The first kappa shape index (κ1) is 22.6. The smallest absolute Gasteiger partial charge is 0.262 e. The maximum absolute atomic E-state index is 13.2. The van der Waals surface area contributed by atoms with Gasteiger partial charge >= 0.3 is 0 Å². The molecule has 0 unspecified atom stereocenters. The number of benzene rings is 3. The zero-order valence-electron chi connectivity index (χ0n) is 18.8. The number of halogens is 1. The van der Waals surface area contributed by atoms with Gasteiger partial charge in [-0.3, -0.25) is 9.59 Å². The first-order valence-corrected chi connectivity index (χ1v) is 12.4. The number of piperazine rings is 1. The Kier molecular flexibility index (Phi) is 6.35. The monoisotopic (exact) mass is 489 g/mol. The van der Waals surface area contributed by atoms with Gasteiger partial charge in [-0.1, -0.05) is 59.3 Å². The van der Waals surface area contributed by atoms with Crippen LogP contribution in [-0.4, -0.2) is 42.9 Å². The molecule has 172 valence electrons. The number of aryl methyl sites for hydroxylation is 1. The van der Waals surface area contributed by atoms with Crippen LogP contribution in [0.15, 0.2) is 76.5 Å². The van der Waals surface area contributed by atoms with Gasteiger partial charge in [0.25, 0.3) is 11.8 Å². The molecular weight excluding hydrogens is 466 g/mol. The van der Waals surface area contributed by atoms with Crippen LogP contribution >= 0.6 is 23.4 Å². The van der Waals surface area contributed by atoms with Crippen molar-refractivity contribution in [2.75, 3.05) is 36.4 Å². The van der Waals surface area contributed by atoms with E-state index in [2.05, 4.69) is 10.2 Å². The molecule has 0 saturated carbocycles. The molecule has 2 heterocycles. The molecule has 5 nitrogen and oxygen atoms in total. The quantitative estimate of drug-likeness (QED) is 0.480. The summed E-state index contributed by atoms with van der Waals surface area (Å²) in [6.07, 6.45) is 1.89. The van der Waals surface area contributed by atoms with E-state index in [1.54, 1.807) is 6.07 Å². The average molecular weight is 490 g/mol. The fourth-order valence-corrected chi connectivity index (χ4v) is 5.25. The van der Waals surface area contributed by atoms with Gasteiger partial charge in [-0.2, -0.15) is 0 Å². The highest BCUT2D eigenvalue weighted by molar-refractivity contribution is 8.04. The van der Waals surface area contributed by atoms with Crippen molar-refractivity contribution in [2.24, 2.45) is 0 Å². The van der Waals surface area contributed by atoms with Gasteiger partial charge in [0.1, 0.15) is 0 Å². The largest absolute Gasteiger partial charge is 0.368 e. The van der Waals surface area contributed by atoms with E-state index >= 15 is 0 Å². The minimum atomic E-state index is -0.155. The van der Waals surface area contributed by atoms with E-state index in [0.29, 0.717) is 34.3 Å². The molecular formula is C27H24ClN3O2S. The second-order valence-electron chi connectivity index (χ2n) is 8.45. The number of nitrogens with zero attached hydrogens (tertiary/aromatic N) is 2. The highest BCUT2D eigenvalue weighted by Crippen LogP contribution is 2.39. The van der Waals surface area contributed by atoms with Crippen LogP contribution in [0.2, 0.25) is 5.02 Å². The molecule has 34 heavy (non-hydrogen) atoms. The molecule has 0 radical (unpaired) electrons. The van der Waals surface area contributed by atoms with Gasteiger partial charge in [-0.15, -0.1) is 0 Å². The topological polar surface area (TPSA) is 52.7 Å². The van der Waals surface area contributed by atoms with Crippen molar-refractivity contribution in [3.63, 3.8) is 0 Å². The Morgan fingerprint density at radius 2 is 1.76 bits per heavy atom. The number of fused-ring (bicyclic) bond motifs is 1. The zero-order chi connectivity index (χ0) is 23.7. The van der Waals surface area contributed by atoms with Gasteiger partial charge in [0.15, 0.2) is 0 Å². The highest BCUT2D eigenvalue weighted by Gasteiger charge is 2.26. The van der Waals surface area contributed by atoms with Gasteiger partial charge < -0.3 is 15.1 Å². The Labute approximate surface area is 208 Å². The molecule has 2 amide bonds. The molecule has 3 aromatic rings. The molecule has 7 heteroatoms.